The molecule has 5 nitrogen and oxygen atoms in total. The van der Waals surface area contributed by atoms with Crippen LogP contribution < -0.4 is 14.3 Å². The zero-order valence-electron chi connectivity index (χ0n) is 15.6. The topological polar surface area (TPSA) is 52.8 Å². The van der Waals surface area contributed by atoms with E-state index < -0.39 is 0 Å². The van der Waals surface area contributed by atoms with E-state index in [-0.39, 0.29) is 12.3 Å². The quantitative estimate of drug-likeness (QED) is 0.706. The molecule has 0 aliphatic carbocycles. The number of thiazole rings is 1. The highest BCUT2D eigenvalue weighted by molar-refractivity contribution is 7.16. The fourth-order valence-corrected chi connectivity index (χ4v) is 3.91. The van der Waals surface area contributed by atoms with Crippen LogP contribution in [0.2, 0.25) is 0 Å². The van der Waals surface area contributed by atoms with Gasteiger partial charge in [0.05, 0.1) is 30.9 Å². The molecule has 1 amide bonds. The van der Waals surface area contributed by atoms with E-state index >= 15 is 0 Å². The first-order valence-corrected chi connectivity index (χ1v) is 9.10. The van der Waals surface area contributed by atoms with E-state index in [4.69, 9.17) is 9.47 Å². The van der Waals surface area contributed by atoms with E-state index in [0.29, 0.717) is 16.3 Å². The van der Waals surface area contributed by atoms with Crippen LogP contribution in [0.25, 0.3) is 10.2 Å². The van der Waals surface area contributed by atoms with Crippen molar-refractivity contribution in [1.29, 1.82) is 0 Å². The third-order valence-corrected chi connectivity index (χ3v) is 5.54. The molecule has 6 heteroatoms. The van der Waals surface area contributed by atoms with Gasteiger partial charge in [0.1, 0.15) is 0 Å². The lowest BCUT2D eigenvalue weighted by Gasteiger charge is -2.08. The van der Waals surface area contributed by atoms with Crippen molar-refractivity contribution in [3.63, 3.8) is 0 Å². The Hall–Kier alpha value is -2.60. The highest BCUT2D eigenvalue weighted by Crippen LogP contribution is 2.27. The van der Waals surface area contributed by atoms with Crippen LogP contribution in [-0.4, -0.2) is 24.7 Å². The predicted molar refractivity (Wildman–Crippen MR) is 104 cm³/mol. The number of carbonyl (C=O) groups excluding carboxylic acids is 1. The van der Waals surface area contributed by atoms with Crippen molar-refractivity contribution in [3.8, 4) is 11.5 Å². The summed E-state index contributed by atoms with van der Waals surface area (Å²) in [7, 11) is 5.11. The summed E-state index contributed by atoms with van der Waals surface area (Å²) in [4.78, 5) is 17.5. The Bertz CT molecular complexity index is 1050. The summed E-state index contributed by atoms with van der Waals surface area (Å²) < 4.78 is 13.6. The van der Waals surface area contributed by atoms with Gasteiger partial charge in [-0.25, -0.2) is 0 Å². The molecule has 0 radical (unpaired) electrons. The first-order valence-electron chi connectivity index (χ1n) is 8.28. The van der Waals surface area contributed by atoms with Crippen LogP contribution in [-0.2, 0) is 18.3 Å². The Morgan fingerprint density at radius 2 is 1.77 bits per heavy atom. The number of rotatable bonds is 4. The summed E-state index contributed by atoms with van der Waals surface area (Å²) in [5.74, 6) is 1.06. The van der Waals surface area contributed by atoms with E-state index in [2.05, 4.69) is 31.0 Å². The molecule has 136 valence electrons. The SMILES string of the molecule is COc1ccc(CC(=O)N=c2sc3cc(C)c(C)cc3n2C)cc1OC. The van der Waals surface area contributed by atoms with E-state index in [1.807, 2.05) is 23.7 Å². The molecule has 3 aromatic rings. The second-order valence-electron chi connectivity index (χ2n) is 6.22. The van der Waals surface area contributed by atoms with Gasteiger partial charge >= 0.3 is 0 Å². The molecule has 0 spiro atoms. The Morgan fingerprint density at radius 3 is 2.46 bits per heavy atom. The van der Waals surface area contributed by atoms with Gasteiger partial charge in [0.25, 0.3) is 5.91 Å². The number of nitrogens with zero attached hydrogens (tertiary/aromatic N) is 2. The Kier molecular flexibility index (Phi) is 5.13. The van der Waals surface area contributed by atoms with Crippen molar-refractivity contribution in [3.05, 3.63) is 51.8 Å². The predicted octanol–water partition coefficient (Wildman–Crippen LogP) is 3.54. The molecule has 3 rings (SSSR count). The molecule has 1 aromatic heterocycles. The van der Waals surface area contributed by atoms with Crippen LogP contribution in [0.4, 0.5) is 0 Å². The highest BCUT2D eigenvalue weighted by atomic mass is 32.1. The number of carbonyl (C=O) groups is 1. The fraction of sp³-hybridized carbons (Fsp3) is 0.300. The maximum absolute atomic E-state index is 12.5. The highest BCUT2D eigenvalue weighted by Gasteiger charge is 2.10. The zero-order chi connectivity index (χ0) is 18.8. The largest absolute Gasteiger partial charge is 0.493 e. The van der Waals surface area contributed by atoms with Crippen LogP contribution in [0, 0.1) is 13.8 Å². The third-order valence-electron chi connectivity index (χ3n) is 4.45. The molecule has 0 bridgehead atoms. The number of aryl methyl sites for hydroxylation is 3. The lowest BCUT2D eigenvalue weighted by molar-refractivity contribution is -0.117. The first kappa shape index (κ1) is 18.2. The van der Waals surface area contributed by atoms with Gasteiger partial charge in [-0.05, 0) is 54.8 Å². The molecule has 0 N–H and O–H groups in total. The van der Waals surface area contributed by atoms with E-state index in [1.165, 1.54) is 22.5 Å². The van der Waals surface area contributed by atoms with Crippen LogP contribution in [0.3, 0.4) is 0 Å². The second-order valence-corrected chi connectivity index (χ2v) is 7.23. The molecule has 0 saturated heterocycles. The molecule has 0 atom stereocenters. The number of benzene rings is 2. The minimum atomic E-state index is -0.187. The smallest absolute Gasteiger partial charge is 0.252 e. The Labute approximate surface area is 156 Å². The summed E-state index contributed by atoms with van der Waals surface area (Å²) in [6.45, 7) is 4.18. The number of ether oxygens (including phenoxy) is 2. The maximum atomic E-state index is 12.5. The summed E-state index contributed by atoms with van der Waals surface area (Å²) in [5.41, 5.74) is 4.40. The van der Waals surface area contributed by atoms with Gasteiger partial charge in [-0.3, -0.25) is 4.79 Å². The number of hydrogen-bond acceptors (Lipinski definition) is 4. The molecular formula is C20H22N2O3S. The first-order chi connectivity index (χ1) is 12.4. The average Bonchev–Trinajstić information content (AvgIpc) is 2.90. The summed E-state index contributed by atoms with van der Waals surface area (Å²) in [6.07, 6.45) is 0.215. The number of fused-ring (bicyclic) bond motifs is 1. The minimum absolute atomic E-state index is 0.187. The van der Waals surface area contributed by atoms with E-state index in [0.717, 1.165) is 15.8 Å². The molecule has 0 fully saturated rings. The molecule has 0 saturated carbocycles. The van der Waals surface area contributed by atoms with Crippen molar-refractivity contribution >= 4 is 27.5 Å². The van der Waals surface area contributed by atoms with Crippen LogP contribution >= 0.6 is 11.3 Å². The van der Waals surface area contributed by atoms with Crippen molar-refractivity contribution in [2.75, 3.05) is 14.2 Å². The van der Waals surface area contributed by atoms with E-state index in [1.54, 1.807) is 20.3 Å². The van der Waals surface area contributed by atoms with Gasteiger partial charge in [-0.1, -0.05) is 17.4 Å². The third kappa shape index (κ3) is 3.51. The summed E-state index contributed by atoms with van der Waals surface area (Å²) >= 11 is 1.53. The maximum Gasteiger partial charge on any atom is 0.252 e. The summed E-state index contributed by atoms with van der Waals surface area (Å²) in [5, 5.41) is 0. The molecule has 0 unspecified atom stereocenters. The fourth-order valence-electron chi connectivity index (χ4n) is 2.80. The van der Waals surface area contributed by atoms with Crippen molar-refractivity contribution in [1.82, 2.24) is 4.57 Å². The van der Waals surface area contributed by atoms with Gasteiger partial charge < -0.3 is 14.0 Å². The monoisotopic (exact) mass is 370 g/mol. The van der Waals surface area contributed by atoms with Crippen LogP contribution in [0.15, 0.2) is 35.3 Å². The molecule has 0 aliphatic heterocycles. The number of aromatic nitrogens is 1. The molecular weight excluding hydrogens is 348 g/mol. The Morgan fingerprint density at radius 1 is 1.08 bits per heavy atom. The van der Waals surface area contributed by atoms with Gasteiger partial charge in [0.15, 0.2) is 16.3 Å². The standard InChI is InChI=1S/C20H22N2O3S/c1-12-8-15-18(9-13(12)2)26-20(22(15)3)21-19(23)11-14-6-7-16(24-4)17(10-14)25-5/h6-10H,11H2,1-5H3. The van der Waals surface area contributed by atoms with Gasteiger partial charge in [0.2, 0.25) is 0 Å². The average molecular weight is 370 g/mol. The number of amides is 1. The van der Waals surface area contributed by atoms with Crippen LogP contribution in [0.5, 0.6) is 11.5 Å². The molecule has 2 aromatic carbocycles. The molecule has 0 aliphatic rings. The number of hydrogen-bond donors (Lipinski definition) is 0. The number of methoxy groups -OCH3 is 2. The lowest BCUT2D eigenvalue weighted by Crippen LogP contribution is -2.14. The Balaban J connectivity index is 1.92. The lowest BCUT2D eigenvalue weighted by atomic mass is 10.1. The molecule has 26 heavy (non-hydrogen) atoms. The van der Waals surface area contributed by atoms with E-state index in [9.17, 15) is 4.79 Å². The van der Waals surface area contributed by atoms with Crippen molar-refractivity contribution in [2.24, 2.45) is 12.0 Å². The summed E-state index contributed by atoms with van der Waals surface area (Å²) in [6, 6.07) is 9.74. The molecule has 1 heterocycles. The van der Waals surface area contributed by atoms with Crippen LogP contribution in [0.1, 0.15) is 16.7 Å². The van der Waals surface area contributed by atoms with Gasteiger partial charge in [0, 0.05) is 7.05 Å². The second kappa shape index (κ2) is 7.33. The van der Waals surface area contributed by atoms with Gasteiger partial charge in [-0.2, -0.15) is 4.99 Å². The van der Waals surface area contributed by atoms with Gasteiger partial charge in [-0.15, -0.1) is 0 Å². The normalized spacial score (nSPS) is 11.8. The zero-order valence-corrected chi connectivity index (χ0v) is 16.4. The van der Waals surface area contributed by atoms with Crippen molar-refractivity contribution in [2.45, 2.75) is 20.3 Å². The minimum Gasteiger partial charge on any atom is -0.493 e. The van der Waals surface area contributed by atoms with Crippen molar-refractivity contribution < 1.29 is 14.3 Å².